The molecule has 0 aromatic heterocycles. The van der Waals surface area contributed by atoms with Gasteiger partial charge in [-0.25, -0.2) is 4.57 Å². The first-order valence-electron chi connectivity index (χ1n) is 17.9. The number of aliphatic hydroxyl groups is 1. The molecule has 9 heteroatoms. The van der Waals surface area contributed by atoms with Crippen molar-refractivity contribution >= 4 is 19.6 Å². The molecule has 0 saturated carbocycles. The molecule has 0 spiro atoms. The topological polar surface area (TPSA) is 130 Å². The zero-order chi connectivity index (χ0) is 32.7. The summed E-state index contributed by atoms with van der Waals surface area (Å²) in [6, 6.07) is 0. The van der Waals surface area contributed by atoms with Crippen molar-refractivity contribution in [2.24, 2.45) is 5.92 Å². The van der Waals surface area contributed by atoms with Gasteiger partial charge >= 0.3 is 13.8 Å². The lowest BCUT2D eigenvalue weighted by molar-refractivity contribution is -0.155. The van der Waals surface area contributed by atoms with Crippen LogP contribution in [0, 0.1) is 5.92 Å². The fourth-order valence-electron chi connectivity index (χ4n) is 5.30. The predicted molar refractivity (Wildman–Crippen MR) is 179 cm³/mol. The van der Waals surface area contributed by atoms with Crippen molar-refractivity contribution in [3.63, 3.8) is 0 Å². The fraction of sp³-hybridized carbons (Fsp3) is 0.886. The van der Waals surface area contributed by atoms with Crippen LogP contribution >= 0.6 is 7.82 Å². The first-order valence-corrected chi connectivity index (χ1v) is 19.5. The van der Waals surface area contributed by atoms with E-state index < -0.39 is 39.0 Å². The molecule has 0 aromatic rings. The second-order valence-corrected chi connectivity index (χ2v) is 13.6. The first-order chi connectivity index (χ1) is 21.2. The summed E-state index contributed by atoms with van der Waals surface area (Å²) in [5, 5.41) is 9.87. The molecular formula is C35H67O8P. The Bertz CT molecular complexity index is 751. The maximum Gasteiger partial charge on any atom is 0.469 e. The van der Waals surface area contributed by atoms with Gasteiger partial charge in [0.25, 0.3) is 0 Å². The molecular weight excluding hydrogens is 579 g/mol. The molecule has 44 heavy (non-hydrogen) atoms. The number of hydrogen-bond donors (Lipinski definition) is 3. The number of unbranched alkanes of at least 4 members (excludes halogenated alkanes) is 20. The molecule has 3 N–H and O–H groups in total. The molecule has 2 unspecified atom stereocenters. The Morgan fingerprint density at radius 3 is 1.55 bits per heavy atom. The quantitative estimate of drug-likeness (QED) is 0.0211. The van der Waals surface area contributed by atoms with Crippen LogP contribution in [0.1, 0.15) is 174 Å². The van der Waals surface area contributed by atoms with E-state index in [0.717, 1.165) is 57.8 Å². The van der Waals surface area contributed by atoms with E-state index in [-0.39, 0.29) is 5.78 Å². The van der Waals surface area contributed by atoms with Crippen LogP contribution in [-0.2, 0) is 23.4 Å². The van der Waals surface area contributed by atoms with Gasteiger partial charge in [-0.15, -0.1) is 0 Å². The Hall–Kier alpha value is -1.05. The van der Waals surface area contributed by atoms with Crippen LogP contribution in [0.5, 0.6) is 0 Å². The summed E-state index contributed by atoms with van der Waals surface area (Å²) in [6.07, 6.45) is 30.9. The van der Waals surface area contributed by atoms with Gasteiger partial charge in [0, 0.05) is 6.42 Å². The normalized spacial score (nSPS) is 13.4. The fourth-order valence-corrected chi connectivity index (χ4v) is 5.67. The van der Waals surface area contributed by atoms with Crippen LogP contribution in [0.3, 0.4) is 0 Å². The lowest BCUT2D eigenvalue weighted by Gasteiger charge is -2.17. The number of ether oxygens (including phenoxy) is 1. The van der Waals surface area contributed by atoms with Gasteiger partial charge in [0.05, 0.1) is 6.61 Å². The van der Waals surface area contributed by atoms with Crippen LogP contribution in [0.15, 0.2) is 12.2 Å². The average molecular weight is 647 g/mol. The third kappa shape index (κ3) is 29.6. The van der Waals surface area contributed by atoms with Gasteiger partial charge in [-0.1, -0.05) is 142 Å². The van der Waals surface area contributed by atoms with E-state index in [0.29, 0.717) is 12.8 Å². The first kappa shape index (κ1) is 43.0. The molecule has 8 nitrogen and oxygen atoms in total. The minimum absolute atomic E-state index is 0.121. The van der Waals surface area contributed by atoms with Crippen molar-refractivity contribution < 1.29 is 38.3 Å². The van der Waals surface area contributed by atoms with E-state index in [4.69, 9.17) is 14.5 Å². The highest BCUT2D eigenvalue weighted by molar-refractivity contribution is 7.46. The van der Waals surface area contributed by atoms with Gasteiger partial charge in [-0.05, 0) is 38.5 Å². The lowest BCUT2D eigenvalue weighted by Crippen LogP contribution is -2.30. The summed E-state index contributed by atoms with van der Waals surface area (Å²) in [4.78, 5) is 43.4. The number of phosphoric acid groups is 1. The number of allylic oxidation sites excluding steroid dienone is 2. The maximum atomic E-state index is 13.0. The molecule has 2 atom stereocenters. The van der Waals surface area contributed by atoms with Crippen molar-refractivity contribution in [2.45, 2.75) is 180 Å². The number of carbonyl (C=O) groups is 2. The largest absolute Gasteiger partial charge is 0.469 e. The molecule has 0 fully saturated rings. The van der Waals surface area contributed by atoms with E-state index in [1.54, 1.807) is 0 Å². The van der Waals surface area contributed by atoms with E-state index in [9.17, 15) is 19.3 Å². The second kappa shape index (κ2) is 30.6. The smallest absolute Gasteiger partial charge is 0.462 e. The molecule has 0 radical (unpaired) electrons. The number of rotatable bonds is 33. The summed E-state index contributed by atoms with van der Waals surface area (Å²) >= 11 is 0. The highest BCUT2D eigenvalue weighted by Gasteiger charge is 2.28. The van der Waals surface area contributed by atoms with Crippen molar-refractivity contribution in [2.75, 3.05) is 13.2 Å². The molecule has 0 aliphatic rings. The van der Waals surface area contributed by atoms with Gasteiger partial charge in [0.1, 0.15) is 24.4 Å². The summed E-state index contributed by atoms with van der Waals surface area (Å²) in [7, 11) is -4.73. The Balaban J connectivity index is 4.39. The molecule has 260 valence electrons. The minimum atomic E-state index is -4.73. The van der Waals surface area contributed by atoms with E-state index >= 15 is 0 Å². The molecule has 0 amide bonds. The number of aliphatic hydroxyl groups excluding tert-OH is 1. The standard InChI is InChI=1S/C35H67O8P/c1-3-5-7-9-11-13-15-16-17-19-20-22-24-26-28-33(35(38)42-30-32(36)31-43-44(39,40)41)34(37)29-27-25-23-21-18-14-12-10-8-6-4-2/h16-17,32-33,36H,3-15,18-31H2,1-2H3,(H2,39,40,41)/b17-16-. The number of Topliss-reactive ketones (excluding diaryl/α,β-unsaturated/α-hetero) is 1. The highest BCUT2D eigenvalue weighted by Crippen LogP contribution is 2.35. The highest BCUT2D eigenvalue weighted by atomic mass is 31.2. The second-order valence-electron chi connectivity index (χ2n) is 12.4. The van der Waals surface area contributed by atoms with Gasteiger partial charge in [0.15, 0.2) is 0 Å². The SMILES string of the molecule is CCCCCCCC/C=C\CCCCCCC(C(=O)CCCCCCCCCCCCC)C(=O)OCC(O)COP(=O)(O)O. The third-order valence-corrected chi connectivity index (χ3v) is 8.54. The van der Waals surface area contributed by atoms with Crippen LogP contribution in [0.25, 0.3) is 0 Å². The minimum Gasteiger partial charge on any atom is -0.462 e. The summed E-state index contributed by atoms with van der Waals surface area (Å²) < 4.78 is 20.3. The number of esters is 1. The van der Waals surface area contributed by atoms with Gasteiger partial charge in [0.2, 0.25) is 0 Å². The molecule has 0 aromatic carbocycles. The van der Waals surface area contributed by atoms with Crippen LogP contribution in [0.2, 0.25) is 0 Å². The van der Waals surface area contributed by atoms with Crippen LogP contribution in [0.4, 0.5) is 0 Å². The maximum absolute atomic E-state index is 13.0. The van der Waals surface area contributed by atoms with Crippen molar-refractivity contribution in [3.8, 4) is 0 Å². The summed E-state index contributed by atoms with van der Waals surface area (Å²) in [5.41, 5.74) is 0. The summed E-state index contributed by atoms with van der Waals surface area (Å²) in [6.45, 7) is 3.32. The third-order valence-electron chi connectivity index (χ3n) is 8.06. The molecule has 0 bridgehead atoms. The molecule has 0 aliphatic heterocycles. The predicted octanol–water partition coefficient (Wildman–Crippen LogP) is 9.53. The number of ketones is 1. The lowest BCUT2D eigenvalue weighted by atomic mass is 9.93. The summed E-state index contributed by atoms with van der Waals surface area (Å²) in [5.74, 6) is -1.67. The Labute approximate surface area is 269 Å². The Morgan fingerprint density at radius 2 is 1.07 bits per heavy atom. The van der Waals surface area contributed by atoms with E-state index in [1.165, 1.54) is 89.9 Å². The zero-order valence-electron chi connectivity index (χ0n) is 28.2. The molecule has 0 aliphatic carbocycles. The van der Waals surface area contributed by atoms with Crippen molar-refractivity contribution in [1.82, 2.24) is 0 Å². The molecule has 0 saturated heterocycles. The monoisotopic (exact) mass is 646 g/mol. The number of hydrogen-bond acceptors (Lipinski definition) is 6. The van der Waals surface area contributed by atoms with Gasteiger partial charge < -0.3 is 19.6 Å². The number of phosphoric ester groups is 1. The van der Waals surface area contributed by atoms with Gasteiger partial charge in [-0.2, -0.15) is 0 Å². The average Bonchev–Trinajstić information content (AvgIpc) is 2.99. The van der Waals surface area contributed by atoms with E-state index in [2.05, 4.69) is 30.5 Å². The van der Waals surface area contributed by atoms with Crippen LogP contribution in [-0.4, -0.2) is 46.0 Å². The van der Waals surface area contributed by atoms with Crippen LogP contribution < -0.4 is 0 Å². The van der Waals surface area contributed by atoms with Crippen molar-refractivity contribution in [3.05, 3.63) is 12.2 Å². The van der Waals surface area contributed by atoms with E-state index in [1.807, 2.05) is 0 Å². The zero-order valence-corrected chi connectivity index (χ0v) is 29.1. The van der Waals surface area contributed by atoms with Crippen molar-refractivity contribution in [1.29, 1.82) is 0 Å². The molecule has 0 rings (SSSR count). The number of carbonyl (C=O) groups excluding carboxylic acids is 2. The molecule has 0 heterocycles. The Morgan fingerprint density at radius 1 is 0.636 bits per heavy atom. The Kier molecular flexibility index (Phi) is 29.9. The van der Waals surface area contributed by atoms with Gasteiger partial charge in [-0.3, -0.25) is 14.1 Å².